The smallest absolute Gasteiger partial charge is 0.338 e. The van der Waals surface area contributed by atoms with Crippen LogP contribution < -0.4 is 15.1 Å². The molecule has 10 nitrogen and oxygen atoms in total. The van der Waals surface area contributed by atoms with Gasteiger partial charge >= 0.3 is 5.97 Å². The third-order valence-corrected chi connectivity index (χ3v) is 26.5. The molecule has 1 heterocycles. The zero-order valence-corrected chi connectivity index (χ0v) is 49.4. The van der Waals surface area contributed by atoms with Gasteiger partial charge in [0.05, 0.1) is 37.5 Å². The predicted molar refractivity (Wildman–Crippen MR) is 301 cm³/mol. The average Bonchev–Trinajstić information content (AvgIpc) is 3.60. The number of benzene rings is 4. The van der Waals surface area contributed by atoms with Crippen molar-refractivity contribution >= 4 is 52.8 Å². The van der Waals surface area contributed by atoms with E-state index in [-0.39, 0.29) is 46.5 Å². The Balaban J connectivity index is 1.62. The van der Waals surface area contributed by atoms with Crippen LogP contribution in [0.1, 0.15) is 102 Å². The van der Waals surface area contributed by atoms with Gasteiger partial charge in [-0.2, -0.15) is 0 Å². The average molecular weight is 1040 g/mol. The van der Waals surface area contributed by atoms with Gasteiger partial charge in [-0.25, -0.2) is 4.79 Å². The molecule has 1 fully saturated rings. The van der Waals surface area contributed by atoms with Crippen LogP contribution in [0.2, 0.25) is 48.9 Å². The van der Waals surface area contributed by atoms with Crippen LogP contribution in [0.25, 0.3) is 10.4 Å². The molecule has 5 rings (SSSR count). The van der Waals surface area contributed by atoms with Gasteiger partial charge in [-0.1, -0.05) is 170 Å². The van der Waals surface area contributed by atoms with Crippen molar-refractivity contribution in [1.82, 2.24) is 0 Å². The van der Waals surface area contributed by atoms with Gasteiger partial charge in [0.2, 0.25) is 0 Å². The Morgan fingerprint density at radius 1 is 0.803 bits per heavy atom. The lowest BCUT2D eigenvalue weighted by Gasteiger charge is -2.45. The van der Waals surface area contributed by atoms with Crippen molar-refractivity contribution in [1.29, 1.82) is 0 Å². The number of hydrogen-bond acceptors (Lipinski definition) is 9. The molecule has 0 aromatic heterocycles. The number of ether oxygens (including phenoxy) is 4. The maximum Gasteiger partial charge on any atom is 0.338 e. The van der Waals surface area contributed by atoms with Crippen LogP contribution in [0.4, 0.5) is 0 Å². The van der Waals surface area contributed by atoms with Crippen LogP contribution in [0.15, 0.2) is 125 Å². The quantitative estimate of drug-likeness (QED) is 0.0105. The van der Waals surface area contributed by atoms with Crippen LogP contribution in [-0.2, 0) is 23.1 Å². The third-order valence-electron chi connectivity index (χ3n) is 13.9. The molecule has 0 spiro atoms. The fourth-order valence-electron chi connectivity index (χ4n) is 8.86. The molecule has 0 N–H and O–H groups in total. The molecule has 0 radical (unpaired) electrons. The number of nitrogens with zero attached hydrogens (tertiary/aromatic N) is 3. The van der Waals surface area contributed by atoms with Crippen LogP contribution in [0, 0.1) is 12.8 Å². The minimum Gasteiger partial charge on any atom is -0.493 e. The van der Waals surface area contributed by atoms with Crippen LogP contribution in [0.3, 0.4) is 0 Å². The number of carbonyl (C=O) groups excluding carboxylic acids is 1. The summed E-state index contributed by atoms with van der Waals surface area (Å²) in [6, 6.07) is 36.4. The highest BCUT2D eigenvalue weighted by molar-refractivity contribution is 7.99. The Bertz CT molecular complexity index is 2370. The van der Waals surface area contributed by atoms with E-state index in [1.54, 1.807) is 11.8 Å². The molecule has 14 heteroatoms. The molecule has 1 saturated heterocycles. The maximum atomic E-state index is 14.5. The Morgan fingerprint density at radius 3 is 1.92 bits per heavy atom. The number of esters is 1. The van der Waals surface area contributed by atoms with Crippen LogP contribution in [0.5, 0.6) is 5.75 Å². The topological polar surface area (TPSA) is 121 Å². The Hall–Kier alpha value is -3.96. The van der Waals surface area contributed by atoms with Gasteiger partial charge in [-0.15, -0.1) is 11.8 Å². The molecule has 386 valence electrons. The van der Waals surface area contributed by atoms with E-state index in [4.69, 9.17) is 33.3 Å². The number of thioether (sulfide) groups is 1. The molecule has 6 atom stereocenters. The van der Waals surface area contributed by atoms with Crippen molar-refractivity contribution in [2.75, 3.05) is 19.8 Å². The van der Waals surface area contributed by atoms with E-state index in [9.17, 15) is 4.79 Å². The highest BCUT2D eigenvalue weighted by Crippen LogP contribution is 2.49. The third kappa shape index (κ3) is 15.3. The lowest BCUT2D eigenvalue weighted by atomic mass is 9.93. The second-order valence-corrected chi connectivity index (χ2v) is 39.2. The van der Waals surface area contributed by atoms with Gasteiger partial charge in [0.15, 0.2) is 14.1 Å². The summed E-state index contributed by atoms with van der Waals surface area (Å²) >= 11 is 1.65. The summed E-state index contributed by atoms with van der Waals surface area (Å²) in [7, 11) is -6.81. The van der Waals surface area contributed by atoms with Crippen LogP contribution in [-0.4, -0.2) is 80.6 Å². The molecule has 4 aromatic carbocycles. The number of aryl methyl sites for hydroxylation is 1. The van der Waals surface area contributed by atoms with E-state index in [1.165, 1.54) is 10.4 Å². The highest BCUT2D eigenvalue weighted by atomic mass is 32.2. The van der Waals surface area contributed by atoms with Gasteiger partial charge in [-0.05, 0) is 109 Å². The minimum absolute atomic E-state index is 0.00998. The van der Waals surface area contributed by atoms with Crippen molar-refractivity contribution in [2.24, 2.45) is 11.0 Å². The Kier molecular flexibility index (Phi) is 19.9. The fraction of sp³-hybridized carbons (Fsp3) is 0.526. The number of rotatable bonds is 23. The van der Waals surface area contributed by atoms with Crippen molar-refractivity contribution in [2.45, 2.75) is 172 Å². The molecule has 1 aliphatic heterocycles. The molecular formula is C57H83N3O7SSi3. The SMILES string of the molecule is Cc1ccc(OCCN=[N+]=[N-])c(C(C[C@H]2OC(C)(C)O[C@@H]2C(/C=C\[C@H](C)[C@H](C)O[Si](c2ccccc2)(c2ccccc2)C(C)(C)C)O[Si](C)(C)C(C)(C)C)Sc2ccccc2)c1C(=O)OCC[Si](C)(C)C. The molecule has 0 aliphatic carbocycles. The normalized spacial score (nSPS) is 18.4. The zero-order valence-electron chi connectivity index (χ0n) is 45.6. The Labute approximate surface area is 433 Å². The molecule has 0 amide bonds. The number of hydrogen-bond donors (Lipinski definition) is 0. The van der Waals surface area contributed by atoms with Crippen molar-refractivity contribution in [3.63, 3.8) is 0 Å². The summed E-state index contributed by atoms with van der Waals surface area (Å²) < 4.78 is 41.7. The van der Waals surface area contributed by atoms with E-state index in [0.717, 1.165) is 16.5 Å². The summed E-state index contributed by atoms with van der Waals surface area (Å²) in [6.07, 6.45) is 3.24. The largest absolute Gasteiger partial charge is 0.493 e. The first-order chi connectivity index (χ1) is 33.2. The molecule has 2 unspecified atom stereocenters. The molecule has 4 aromatic rings. The van der Waals surface area contributed by atoms with Gasteiger partial charge in [0.25, 0.3) is 8.32 Å². The summed E-state index contributed by atoms with van der Waals surface area (Å²) in [4.78, 5) is 18.5. The predicted octanol–water partition coefficient (Wildman–Crippen LogP) is 14.5. The summed E-state index contributed by atoms with van der Waals surface area (Å²) in [5.41, 5.74) is 11.1. The van der Waals surface area contributed by atoms with E-state index >= 15 is 0 Å². The monoisotopic (exact) mass is 1040 g/mol. The zero-order chi connectivity index (χ0) is 52.4. The van der Waals surface area contributed by atoms with Gasteiger partial charge in [0, 0.05) is 34.8 Å². The Morgan fingerprint density at radius 2 is 1.38 bits per heavy atom. The van der Waals surface area contributed by atoms with Crippen molar-refractivity contribution < 1.29 is 32.6 Å². The first-order valence-corrected chi connectivity index (χ1v) is 34.8. The molecular weight excluding hydrogens is 955 g/mol. The lowest BCUT2D eigenvalue weighted by Crippen LogP contribution is -2.67. The second-order valence-electron chi connectivity index (χ2n) is 23.3. The number of azide groups is 1. The first kappa shape index (κ1) is 57.9. The summed E-state index contributed by atoms with van der Waals surface area (Å²) in [6.45, 7) is 36.0. The van der Waals surface area contributed by atoms with E-state index in [2.05, 4.69) is 183 Å². The van der Waals surface area contributed by atoms with Gasteiger partial charge < -0.3 is 27.8 Å². The van der Waals surface area contributed by atoms with Crippen LogP contribution >= 0.6 is 11.8 Å². The molecule has 0 bridgehead atoms. The minimum atomic E-state index is -2.85. The summed E-state index contributed by atoms with van der Waals surface area (Å²) in [5.74, 6) is -0.822. The highest BCUT2D eigenvalue weighted by Gasteiger charge is 2.52. The van der Waals surface area contributed by atoms with Gasteiger partial charge in [-0.3, -0.25) is 0 Å². The molecule has 71 heavy (non-hydrogen) atoms. The number of carbonyl (C=O) groups is 1. The van der Waals surface area contributed by atoms with E-state index in [0.29, 0.717) is 29.9 Å². The first-order valence-electron chi connectivity index (χ1n) is 25.4. The van der Waals surface area contributed by atoms with Crippen molar-refractivity contribution in [3.05, 3.63) is 142 Å². The summed E-state index contributed by atoms with van der Waals surface area (Å²) in [5, 5.41) is 5.56. The van der Waals surface area contributed by atoms with Gasteiger partial charge in [0.1, 0.15) is 11.9 Å². The molecule has 0 saturated carbocycles. The fourth-order valence-corrected chi connectivity index (χ4v) is 16.9. The second kappa shape index (κ2) is 24.4. The maximum absolute atomic E-state index is 14.5. The standard InChI is InChI=1S/C57H83N3O7SSi3/c1-41(43(3)66-71(56(7,8)9,45-28-22-18-23-29-45)46-30-24-19-25-31-46)32-35-48(67-70(15,16)55(4,5)6)53-49(64-57(10,11)65-53)40-50(68-44-26-20-17-21-27-44)52-47(62-37-36-59-60-58)34-33-42(2)51(52)54(61)63-38-39-69(12,13)14/h17-35,41,43,48-50,53H,36-40H2,1-16H3/b35-32-/t41-,43-,48?,49+,50?,53+/m0/s1. The van der Waals surface area contributed by atoms with E-state index < -0.39 is 48.8 Å². The lowest BCUT2D eigenvalue weighted by molar-refractivity contribution is -0.152. The molecule has 1 aliphatic rings. The van der Waals surface area contributed by atoms with E-state index in [1.807, 2.05) is 51.1 Å². The van der Waals surface area contributed by atoms with Crippen molar-refractivity contribution in [3.8, 4) is 5.75 Å².